The van der Waals surface area contributed by atoms with Gasteiger partial charge in [0.15, 0.2) is 0 Å². The van der Waals surface area contributed by atoms with Gasteiger partial charge in [-0.2, -0.15) is 0 Å². The molecule has 1 amide bonds. The van der Waals surface area contributed by atoms with E-state index < -0.39 is 5.91 Å². The van der Waals surface area contributed by atoms with Crippen molar-refractivity contribution in [3.05, 3.63) is 113 Å². The molecule has 1 N–H and O–H groups in total. The lowest BCUT2D eigenvalue weighted by molar-refractivity contribution is -0.157. The zero-order valence-electron chi connectivity index (χ0n) is 20.0. The number of pyridine rings is 1. The number of halogens is 1. The average molecular weight is 481 g/mol. The number of amides is 1. The largest absolute Gasteiger partial charge is 0.487 e. The van der Waals surface area contributed by atoms with E-state index in [0.29, 0.717) is 22.8 Å². The molecule has 0 aliphatic heterocycles. The molecule has 1 heterocycles. The van der Waals surface area contributed by atoms with Crippen molar-refractivity contribution in [2.75, 3.05) is 7.05 Å². The summed E-state index contributed by atoms with van der Waals surface area (Å²) in [5.41, 5.74) is 6.79. The molecule has 1 aromatic heterocycles. The monoisotopic (exact) mass is 480 g/mol. The molecule has 4 aromatic rings. The molecule has 3 aromatic carbocycles. The van der Waals surface area contributed by atoms with E-state index in [1.165, 1.54) is 19.2 Å². The first-order valence-corrected chi connectivity index (χ1v) is 11.6. The molecule has 0 saturated heterocycles. The number of fused-ring (bicyclic) bond motifs is 2. The molecule has 0 bridgehead atoms. The van der Waals surface area contributed by atoms with Crippen LogP contribution in [-0.2, 0) is 11.4 Å². The highest BCUT2D eigenvalue weighted by Gasteiger charge is 2.26. The van der Waals surface area contributed by atoms with E-state index in [2.05, 4.69) is 4.98 Å². The van der Waals surface area contributed by atoms with Crippen LogP contribution in [0.2, 0.25) is 0 Å². The van der Waals surface area contributed by atoms with E-state index in [4.69, 9.17) is 4.74 Å². The third-order valence-corrected chi connectivity index (χ3v) is 6.38. The van der Waals surface area contributed by atoms with E-state index in [1.54, 1.807) is 6.07 Å². The lowest BCUT2D eigenvalue weighted by atomic mass is 10.0. The summed E-state index contributed by atoms with van der Waals surface area (Å²) in [7, 11) is 1.29. The first-order chi connectivity index (χ1) is 17.4. The maximum Gasteiger partial charge on any atom is 0.250 e. The molecule has 0 atom stereocenters. The van der Waals surface area contributed by atoms with E-state index in [-0.39, 0.29) is 12.2 Å². The van der Waals surface area contributed by atoms with Crippen molar-refractivity contribution in [2.24, 2.45) is 0 Å². The van der Waals surface area contributed by atoms with Crippen LogP contribution in [0.3, 0.4) is 0 Å². The van der Waals surface area contributed by atoms with Crippen LogP contribution >= 0.6 is 0 Å². The number of hydrogen-bond acceptors (Lipinski definition) is 4. The summed E-state index contributed by atoms with van der Waals surface area (Å²) in [6, 6.07) is 24.3. The van der Waals surface area contributed by atoms with Gasteiger partial charge in [0.05, 0.1) is 17.6 Å². The number of allylic oxidation sites excluding steroid dienone is 2. The fourth-order valence-corrected chi connectivity index (χ4v) is 4.42. The molecule has 1 aliphatic carbocycles. The molecule has 0 unspecified atom stereocenters. The first-order valence-electron chi connectivity index (χ1n) is 11.6. The number of ether oxygens (including phenoxy) is 1. The Morgan fingerprint density at radius 1 is 1.03 bits per heavy atom. The smallest absolute Gasteiger partial charge is 0.250 e. The fourth-order valence-electron chi connectivity index (χ4n) is 4.42. The highest BCUT2D eigenvalue weighted by Crippen LogP contribution is 2.44. The Kier molecular flexibility index (Phi) is 6.36. The SMILES string of the molecule is CC1=C(CC(=O)N(C)O)c2cc(F)ccc2/C1=C\c1ccc(OCc2ccc3ccccc3n2)cc1. The van der Waals surface area contributed by atoms with Gasteiger partial charge in [-0.15, -0.1) is 0 Å². The van der Waals surface area contributed by atoms with Crippen LogP contribution in [0.25, 0.3) is 28.1 Å². The van der Waals surface area contributed by atoms with Crippen LogP contribution in [-0.4, -0.2) is 28.2 Å². The molecule has 5 rings (SSSR count). The molecule has 5 nitrogen and oxygen atoms in total. The molecular formula is C30H25FN2O3. The van der Waals surface area contributed by atoms with E-state index in [1.807, 2.05) is 73.7 Å². The summed E-state index contributed by atoms with van der Waals surface area (Å²) in [5.74, 6) is -0.0961. The van der Waals surface area contributed by atoms with Crippen molar-refractivity contribution in [1.82, 2.24) is 10.0 Å². The highest BCUT2D eigenvalue weighted by molar-refractivity contribution is 6.08. The maximum absolute atomic E-state index is 14.0. The van der Waals surface area contributed by atoms with Gasteiger partial charge < -0.3 is 4.74 Å². The highest BCUT2D eigenvalue weighted by atomic mass is 19.1. The molecule has 0 radical (unpaired) electrons. The number of hydrogen-bond donors (Lipinski definition) is 1. The van der Waals surface area contributed by atoms with Crippen molar-refractivity contribution in [2.45, 2.75) is 20.0 Å². The van der Waals surface area contributed by atoms with Crippen LogP contribution in [0.4, 0.5) is 4.39 Å². The predicted octanol–water partition coefficient (Wildman–Crippen LogP) is 6.52. The van der Waals surface area contributed by atoms with Crippen molar-refractivity contribution in [3.63, 3.8) is 0 Å². The van der Waals surface area contributed by atoms with Crippen molar-refractivity contribution in [3.8, 4) is 5.75 Å². The third kappa shape index (κ3) is 4.76. The van der Waals surface area contributed by atoms with Gasteiger partial charge in [0.1, 0.15) is 18.2 Å². The van der Waals surface area contributed by atoms with Crippen molar-refractivity contribution in [1.29, 1.82) is 0 Å². The van der Waals surface area contributed by atoms with Crippen molar-refractivity contribution >= 4 is 34.0 Å². The van der Waals surface area contributed by atoms with E-state index in [0.717, 1.165) is 44.6 Å². The number of carbonyl (C=O) groups is 1. The Labute approximate surface area is 208 Å². The number of nitrogens with zero attached hydrogens (tertiary/aromatic N) is 2. The second-order valence-electron chi connectivity index (χ2n) is 8.80. The normalized spacial score (nSPS) is 13.8. The zero-order chi connectivity index (χ0) is 25.2. The van der Waals surface area contributed by atoms with Crippen LogP contribution in [0.1, 0.15) is 35.7 Å². The quantitative estimate of drug-likeness (QED) is 0.252. The molecule has 1 aliphatic rings. The Morgan fingerprint density at radius 2 is 1.81 bits per heavy atom. The van der Waals surface area contributed by atoms with Gasteiger partial charge >= 0.3 is 0 Å². The van der Waals surface area contributed by atoms with Gasteiger partial charge in [0.25, 0.3) is 0 Å². The molecule has 36 heavy (non-hydrogen) atoms. The number of para-hydroxylation sites is 1. The molecule has 6 heteroatoms. The van der Waals surface area contributed by atoms with Crippen LogP contribution in [0.5, 0.6) is 5.75 Å². The van der Waals surface area contributed by atoms with Gasteiger partial charge in [-0.05, 0) is 82.8 Å². The van der Waals surface area contributed by atoms with Crippen LogP contribution < -0.4 is 4.74 Å². The Morgan fingerprint density at radius 3 is 2.58 bits per heavy atom. The maximum atomic E-state index is 14.0. The summed E-state index contributed by atoms with van der Waals surface area (Å²) < 4.78 is 20.0. The van der Waals surface area contributed by atoms with Gasteiger partial charge in [-0.3, -0.25) is 10.0 Å². The number of rotatable bonds is 6. The Balaban J connectivity index is 1.36. The number of benzene rings is 3. The van der Waals surface area contributed by atoms with E-state index in [9.17, 15) is 14.4 Å². The fraction of sp³-hybridized carbons (Fsp3) is 0.133. The molecule has 0 fully saturated rings. The second kappa shape index (κ2) is 9.76. The minimum atomic E-state index is -0.455. The Bertz CT molecular complexity index is 1520. The average Bonchev–Trinajstić information content (AvgIpc) is 3.13. The van der Waals surface area contributed by atoms with Gasteiger partial charge in [-0.25, -0.2) is 14.4 Å². The third-order valence-electron chi connectivity index (χ3n) is 6.38. The Hall–Kier alpha value is -4.29. The summed E-state index contributed by atoms with van der Waals surface area (Å²) >= 11 is 0. The summed E-state index contributed by atoms with van der Waals surface area (Å²) in [4.78, 5) is 16.8. The minimum absolute atomic E-state index is 0.0117. The first kappa shape index (κ1) is 23.5. The summed E-state index contributed by atoms with van der Waals surface area (Å²) in [5, 5.41) is 11.2. The lowest BCUT2D eigenvalue weighted by Gasteiger charge is -2.10. The second-order valence-corrected chi connectivity index (χ2v) is 8.80. The number of carbonyl (C=O) groups excluding carboxylic acids is 1. The van der Waals surface area contributed by atoms with Crippen LogP contribution in [0.15, 0.2) is 84.4 Å². The number of hydroxylamine groups is 2. The minimum Gasteiger partial charge on any atom is -0.487 e. The molecular weight excluding hydrogens is 455 g/mol. The van der Waals surface area contributed by atoms with Gasteiger partial charge in [-0.1, -0.05) is 42.5 Å². The zero-order valence-corrected chi connectivity index (χ0v) is 20.0. The molecule has 0 saturated carbocycles. The number of aromatic nitrogens is 1. The van der Waals surface area contributed by atoms with E-state index >= 15 is 0 Å². The summed E-state index contributed by atoms with van der Waals surface area (Å²) in [6.07, 6.45) is 2.00. The summed E-state index contributed by atoms with van der Waals surface area (Å²) in [6.45, 7) is 2.28. The van der Waals surface area contributed by atoms with Crippen molar-refractivity contribution < 1.29 is 19.1 Å². The predicted molar refractivity (Wildman–Crippen MR) is 139 cm³/mol. The topological polar surface area (TPSA) is 62.7 Å². The van der Waals surface area contributed by atoms with Crippen LogP contribution in [0, 0.1) is 5.82 Å². The standard InChI is InChI=1S/C30H25FN2O3/c1-19-26(25-14-10-22(31)16-28(25)27(19)17-30(34)33(2)35)15-20-7-12-24(13-8-20)36-18-23-11-9-21-5-3-4-6-29(21)32-23/h3-16,35H,17-18H2,1-2H3/b26-15-. The molecule has 0 spiro atoms. The lowest BCUT2D eigenvalue weighted by Crippen LogP contribution is -2.22. The van der Waals surface area contributed by atoms with Gasteiger partial charge in [0, 0.05) is 12.4 Å². The molecule has 180 valence electrons. The van der Waals surface area contributed by atoms with Gasteiger partial charge in [0.2, 0.25) is 5.91 Å².